The fourth-order valence-electron chi connectivity index (χ4n) is 2.82. The van der Waals surface area contributed by atoms with Crippen LogP contribution in [0, 0.1) is 0 Å². The molecule has 0 radical (unpaired) electrons. The highest BCUT2D eigenvalue weighted by Gasteiger charge is 2.27. The van der Waals surface area contributed by atoms with Gasteiger partial charge in [0, 0.05) is 45.1 Å². The second-order valence-electron chi connectivity index (χ2n) is 5.72. The van der Waals surface area contributed by atoms with E-state index in [2.05, 4.69) is 10.4 Å². The lowest BCUT2D eigenvalue weighted by Crippen LogP contribution is -2.29. The minimum atomic E-state index is -0.142. The van der Waals surface area contributed by atoms with E-state index in [9.17, 15) is 9.59 Å². The third-order valence-corrected chi connectivity index (χ3v) is 3.97. The Labute approximate surface area is 134 Å². The summed E-state index contributed by atoms with van der Waals surface area (Å²) in [6, 6.07) is 5.64. The largest absolute Gasteiger partial charge is 0.469 e. The van der Waals surface area contributed by atoms with Crippen LogP contribution < -0.4 is 5.32 Å². The summed E-state index contributed by atoms with van der Waals surface area (Å²) in [6.45, 7) is 2.84. The Morgan fingerprint density at radius 1 is 1.43 bits per heavy atom. The van der Waals surface area contributed by atoms with Crippen LogP contribution in [0.15, 0.2) is 35.1 Å². The summed E-state index contributed by atoms with van der Waals surface area (Å²) < 4.78 is 7.08. The maximum atomic E-state index is 12.3. The van der Waals surface area contributed by atoms with E-state index in [1.165, 1.54) is 6.92 Å². The molecule has 2 aromatic rings. The van der Waals surface area contributed by atoms with Crippen molar-refractivity contribution in [3.63, 3.8) is 0 Å². The highest BCUT2D eigenvalue weighted by atomic mass is 16.3. The summed E-state index contributed by atoms with van der Waals surface area (Å²) in [7, 11) is 0. The van der Waals surface area contributed by atoms with Gasteiger partial charge in [-0.05, 0) is 18.6 Å². The first-order chi connectivity index (χ1) is 11.1. The zero-order chi connectivity index (χ0) is 16.2. The molecule has 3 heterocycles. The average Bonchev–Trinajstić information content (AvgIpc) is 3.24. The number of aromatic nitrogens is 2. The van der Waals surface area contributed by atoms with Crippen LogP contribution in [0.5, 0.6) is 0 Å². The lowest BCUT2D eigenvalue weighted by Gasteiger charge is -2.16. The molecule has 1 saturated heterocycles. The average molecular weight is 316 g/mol. The van der Waals surface area contributed by atoms with E-state index in [0.717, 1.165) is 18.7 Å². The van der Waals surface area contributed by atoms with E-state index in [-0.39, 0.29) is 17.9 Å². The molecule has 2 aromatic heterocycles. The van der Waals surface area contributed by atoms with Crippen LogP contribution in [-0.2, 0) is 16.0 Å². The SMILES string of the molecule is CC(=O)Nc1ccn([C@H]2CCN(C(=O)CCc3ccco3)C2)n1. The molecule has 7 heteroatoms. The Kier molecular flexibility index (Phi) is 4.45. The lowest BCUT2D eigenvalue weighted by atomic mass is 10.2. The number of carbonyl (C=O) groups excluding carboxylic acids is 2. The molecule has 0 spiro atoms. The zero-order valence-electron chi connectivity index (χ0n) is 13.1. The Balaban J connectivity index is 1.52. The molecule has 0 aliphatic carbocycles. The summed E-state index contributed by atoms with van der Waals surface area (Å²) in [5.74, 6) is 1.37. The standard InChI is InChI=1S/C16H20N4O3/c1-12(21)17-15-7-9-20(18-15)13-6-8-19(11-13)16(22)5-4-14-3-2-10-23-14/h2-3,7,9-10,13H,4-6,8,11H2,1H3,(H,17,18,21)/t13-/m0/s1. The number of anilines is 1. The van der Waals surface area contributed by atoms with Crippen molar-refractivity contribution in [1.82, 2.24) is 14.7 Å². The van der Waals surface area contributed by atoms with Crippen molar-refractivity contribution < 1.29 is 14.0 Å². The van der Waals surface area contributed by atoms with Gasteiger partial charge in [0.15, 0.2) is 5.82 Å². The van der Waals surface area contributed by atoms with E-state index < -0.39 is 0 Å². The maximum Gasteiger partial charge on any atom is 0.223 e. The van der Waals surface area contributed by atoms with Crippen molar-refractivity contribution in [2.75, 3.05) is 18.4 Å². The molecule has 0 unspecified atom stereocenters. The van der Waals surface area contributed by atoms with Gasteiger partial charge < -0.3 is 14.6 Å². The Bertz CT molecular complexity index is 677. The first-order valence-corrected chi connectivity index (χ1v) is 7.75. The smallest absolute Gasteiger partial charge is 0.223 e. The molecule has 1 fully saturated rings. The summed E-state index contributed by atoms with van der Waals surface area (Å²) in [6.07, 6.45) is 5.41. The Morgan fingerprint density at radius 3 is 3.04 bits per heavy atom. The maximum absolute atomic E-state index is 12.3. The first-order valence-electron chi connectivity index (χ1n) is 7.75. The van der Waals surface area contributed by atoms with Crippen molar-refractivity contribution >= 4 is 17.6 Å². The molecule has 23 heavy (non-hydrogen) atoms. The molecule has 1 aliphatic rings. The van der Waals surface area contributed by atoms with Crippen molar-refractivity contribution in [3.05, 3.63) is 36.4 Å². The van der Waals surface area contributed by atoms with E-state index in [0.29, 0.717) is 25.2 Å². The third-order valence-electron chi connectivity index (χ3n) is 3.97. The number of hydrogen-bond donors (Lipinski definition) is 1. The zero-order valence-corrected chi connectivity index (χ0v) is 13.1. The van der Waals surface area contributed by atoms with E-state index in [4.69, 9.17) is 4.42 Å². The van der Waals surface area contributed by atoms with Crippen molar-refractivity contribution in [3.8, 4) is 0 Å². The summed E-state index contributed by atoms with van der Waals surface area (Å²) in [5.41, 5.74) is 0. The predicted molar refractivity (Wildman–Crippen MR) is 83.8 cm³/mol. The quantitative estimate of drug-likeness (QED) is 0.912. The van der Waals surface area contributed by atoms with Crippen LogP contribution in [0.4, 0.5) is 5.82 Å². The number of nitrogens with one attached hydrogen (secondary N) is 1. The van der Waals surface area contributed by atoms with Crippen molar-refractivity contribution in [1.29, 1.82) is 0 Å². The van der Waals surface area contributed by atoms with Crippen LogP contribution in [-0.4, -0.2) is 39.6 Å². The van der Waals surface area contributed by atoms with Crippen LogP contribution >= 0.6 is 0 Å². The van der Waals surface area contributed by atoms with Gasteiger partial charge in [-0.3, -0.25) is 14.3 Å². The first kappa shape index (κ1) is 15.3. The second-order valence-corrected chi connectivity index (χ2v) is 5.72. The van der Waals surface area contributed by atoms with E-state index in [1.54, 1.807) is 12.3 Å². The van der Waals surface area contributed by atoms with Crippen molar-refractivity contribution in [2.24, 2.45) is 0 Å². The van der Waals surface area contributed by atoms with Crippen LogP contribution in [0.25, 0.3) is 0 Å². The van der Waals surface area contributed by atoms with Gasteiger partial charge in [-0.25, -0.2) is 0 Å². The third kappa shape index (κ3) is 3.80. The van der Waals surface area contributed by atoms with Crippen LogP contribution in [0.2, 0.25) is 0 Å². The predicted octanol–water partition coefficient (Wildman–Crippen LogP) is 1.84. The topological polar surface area (TPSA) is 80.4 Å². The van der Waals surface area contributed by atoms with E-state index in [1.807, 2.05) is 27.9 Å². The molecule has 122 valence electrons. The monoisotopic (exact) mass is 316 g/mol. The van der Waals surface area contributed by atoms with Crippen LogP contribution in [0.1, 0.15) is 31.6 Å². The number of carbonyl (C=O) groups is 2. The summed E-state index contributed by atoms with van der Waals surface area (Å²) in [4.78, 5) is 25.2. The number of nitrogens with zero attached hydrogens (tertiary/aromatic N) is 3. The molecule has 0 aromatic carbocycles. The van der Waals surface area contributed by atoms with Gasteiger partial charge >= 0.3 is 0 Å². The molecule has 2 amide bonds. The minimum absolute atomic E-state index is 0.137. The van der Waals surface area contributed by atoms with Gasteiger partial charge in [0.05, 0.1) is 12.3 Å². The number of furan rings is 1. The van der Waals surface area contributed by atoms with Gasteiger partial charge in [0.2, 0.25) is 11.8 Å². The van der Waals surface area contributed by atoms with Gasteiger partial charge in [0.25, 0.3) is 0 Å². The number of rotatable bonds is 5. The molecule has 7 nitrogen and oxygen atoms in total. The summed E-state index contributed by atoms with van der Waals surface area (Å²) in [5, 5.41) is 7.00. The van der Waals surface area contributed by atoms with Gasteiger partial charge in [-0.1, -0.05) is 0 Å². The highest BCUT2D eigenvalue weighted by Crippen LogP contribution is 2.22. The molecule has 1 atom stereocenters. The molecule has 0 bridgehead atoms. The second kappa shape index (κ2) is 6.68. The molecular weight excluding hydrogens is 296 g/mol. The molecule has 1 aliphatic heterocycles. The summed E-state index contributed by atoms with van der Waals surface area (Å²) >= 11 is 0. The van der Waals surface area contributed by atoms with Gasteiger partial charge in [-0.2, -0.15) is 5.10 Å². The fraction of sp³-hybridized carbons (Fsp3) is 0.438. The molecule has 3 rings (SSSR count). The molecule has 1 N–H and O–H groups in total. The Morgan fingerprint density at radius 2 is 2.30 bits per heavy atom. The highest BCUT2D eigenvalue weighted by molar-refractivity contribution is 5.87. The molecular formula is C16H20N4O3. The van der Waals surface area contributed by atoms with Gasteiger partial charge in [-0.15, -0.1) is 0 Å². The van der Waals surface area contributed by atoms with Crippen molar-refractivity contribution in [2.45, 2.75) is 32.2 Å². The van der Waals surface area contributed by atoms with Crippen LogP contribution in [0.3, 0.4) is 0 Å². The number of aryl methyl sites for hydroxylation is 1. The number of likely N-dealkylation sites (tertiary alicyclic amines) is 1. The number of hydrogen-bond acceptors (Lipinski definition) is 4. The fourth-order valence-corrected chi connectivity index (χ4v) is 2.82. The molecule has 0 saturated carbocycles. The number of amides is 2. The Hall–Kier alpha value is -2.57. The minimum Gasteiger partial charge on any atom is -0.469 e. The lowest BCUT2D eigenvalue weighted by molar-refractivity contribution is -0.130. The van der Waals surface area contributed by atoms with E-state index >= 15 is 0 Å². The van der Waals surface area contributed by atoms with Gasteiger partial charge in [0.1, 0.15) is 5.76 Å². The normalized spacial score (nSPS) is 17.4.